The Bertz CT molecular complexity index is 1280. The molecule has 0 radical (unpaired) electrons. The smallest absolute Gasteiger partial charge is 0.305 e. The van der Waals surface area contributed by atoms with Crippen LogP contribution in [0.3, 0.4) is 0 Å². The first kappa shape index (κ1) is 66.9. The Balaban J connectivity index is 2.04. The minimum absolute atomic E-state index is 0.0241. The van der Waals surface area contributed by atoms with Crippen molar-refractivity contribution in [3.8, 4) is 0 Å². The van der Waals surface area contributed by atoms with Gasteiger partial charge in [0, 0.05) is 12.8 Å². The predicted molar refractivity (Wildman–Crippen MR) is 292 cm³/mol. The van der Waals surface area contributed by atoms with Crippen molar-refractivity contribution in [1.82, 2.24) is 5.32 Å². The number of ether oxygens (including phenoxy) is 3. The van der Waals surface area contributed by atoms with Crippen molar-refractivity contribution in [3.05, 3.63) is 36.5 Å². The van der Waals surface area contributed by atoms with Crippen LogP contribution in [0.25, 0.3) is 0 Å². The molecule has 0 bridgehead atoms. The van der Waals surface area contributed by atoms with Gasteiger partial charge in [-0.3, -0.25) is 9.59 Å². The highest BCUT2D eigenvalue weighted by Gasteiger charge is 2.44. The van der Waals surface area contributed by atoms with Crippen molar-refractivity contribution in [2.45, 2.75) is 314 Å². The summed E-state index contributed by atoms with van der Waals surface area (Å²) in [7, 11) is 0. The van der Waals surface area contributed by atoms with Crippen LogP contribution in [0.15, 0.2) is 36.5 Å². The van der Waals surface area contributed by atoms with E-state index in [1.54, 1.807) is 6.08 Å². The third-order valence-corrected chi connectivity index (χ3v) is 14.0. The topological polar surface area (TPSA) is 175 Å². The maximum atomic E-state index is 13.0. The van der Waals surface area contributed by atoms with Crippen molar-refractivity contribution < 1.29 is 49.3 Å². The highest BCUT2D eigenvalue weighted by molar-refractivity contribution is 5.76. The average Bonchev–Trinajstić information content (AvgIpc) is 3.37. The summed E-state index contributed by atoms with van der Waals surface area (Å²) in [5.74, 6) is -0.226. The number of hydrogen-bond acceptors (Lipinski definition) is 10. The second-order valence-electron chi connectivity index (χ2n) is 20.7. The number of nitrogens with one attached hydrogen (secondary N) is 1. The number of amides is 1. The van der Waals surface area contributed by atoms with E-state index in [4.69, 9.17) is 14.2 Å². The third-order valence-electron chi connectivity index (χ3n) is 14.0. The van der Waals surface area contributed by atoms with E-state index in [1.807, 2.05) is 6.08 Å². The minimum atomic E-state index is -1.58. The van der Waals surface area contributed by atoms with Gasteiger partial charge in [0.05, 0.1) is 32.0 Å². The number of carbonyl (C=O) groups excluding carboxylic acids is 2. The van der Waals surface area contributed by atoms with Gasteiger partial charge in [-0.1, -0.05) is 211 Å². The Kier molecular flexibility index (Phi) is 47.2. The molecule has 0 spiro atoms. The largest absolute Gasteiger partial charge is 0.466 e. The van der Waals surface area contributed by atoms with Crippen molar-refractivity contribution >= 4 is 11.9 Å². The summed E-state index contributed by atoms with van der Waals surface area (Å²) in [5.41, 5.74) is 0. The summed E-state index contributed by atoms with van der Waals surface area (Å²) in [5, 5.41) is 54.2. The van der Waals surface area contributed by atoms with Crippen LogP contribution in [0.1, 0.15) is 271 Å². The second kappa shape index (κ2) is 50.1. The molecule has 0 aliphatic carbocycles. The minimum Gasteiger partial charge on any atom is -0.466 e. The SMILES string of the molecule is CCCCCCCCC/C=C\CCCCCCCCCC(=O)OCCCCCCCCC/C=C\CCCCCCCC(=O)NC(COC1OC(CO)C(O)C(O)C1O)C(O)/C=C/CCCCCCCCC. The number of carbonyl (C=O) groups is 2. The monoisotopic (exact) mass is 1010 g/mol. The first-order valence-electron chi connectivity index (χ1n) is 29.8. The zero-order valence-corrected chi connectivity index (χ0v) is 45.7. The van der Waals surface area contributed by atoms with Gasteiger partial charge < -0.3 is 45.1 Å². The van der Waals surface area contributed by atoms with Gasteiger partial charge in [-0.25, -0.2) is 0 Å². The molecular formula is C60H111NO10. The van der Waals surface area contributed by atoms with E-state index in [1.165, 1.54) is 154 Å². The Labute approximate surface area is 434 Å². The second-order valence-corrected chi connectivity index (χ2v) is 20.7. The van der Waals surface area contributed by atoms with Crippen LogP contribution < -0.4 is 5.32 Å². The molecule has 1 rings (SSSR count). The molecule has 1 amide bonds. The number of aliphatic hydroxyl groups excluding tert-OH is 5. The van der Waals surface area contributed by atoms with E-state index in [0.717, 1.165) is 89.9 Å². The molecule has 0 aromatic rings. The molecule has 71 heavy (non-hydrogen) atoms. The molecule has 1 aliphatic rings. The van der Waals surface area contributed by atoms with Gasteiger partial charge in [-0.2, -0.15) is 0 Å². The van der Waals surface area contributed by atoms with Crippen LogP contribution in [0, 0.1) is 0 Å². The van der Waals surface area contributed by atoms with Crippen molar-refractivity contribution in [1.29, 1.82) is 0 Å². The van der Waals surface area contributed by atoms with E-state index < -0.39 is 49.5 Å². The predicted octanol–water partition coefficient (Wildman–Crippen LogP) is 13.5. The van der Waals surface area contributed by atoms with Gasteiger partial charge in [0.15, 0.2) is 6.29 Å². The molecule has 1 aliphatic heterocycles. The summed E-state index contributed by atoms with van der Waals surface area (Å²) in [6, 6.07) is -0.821. The number of hydrogen-bond donors (Lipinski definition) is 6. The van der Waals surface area contributed by atoms with Gasteiger partial charge in [-0.15, -0.1) is 0 Å². The highest BCUT2D eigenvalue weighted by atomic mass is 16.7. The van der Waals surface area contributed by atoms with Gasteiger partial charge in [0.25, 0.3) is 0 Å². The lowest BCUT2D eigenvalue weighted by Crippen LogP contribution is -2.60. The number of unbranched alkanes of at least 4 members (excludes halogenated alkanes) is 33. The maximum absolute atomic E-state index is 13.0. The quantitative estimate of drug-likeness (QED) is 0.0195. The Morgan fingerprint density at radius 3 is 1.35 bits per heavy atom. The van der Waals surface area contributed by atoms with Crippen molar-refractivity contribution in [2.75, 3.05) is 19.8 Å². The van der Waals surface area contributed by atoms with Gasteiger partial charge in [-0.05, 0) is 83.5 Å². The molecule has 0 aromatic carbocycles. The first-order chi connectivity index (χ1) is 34.7. The van der Waals surface area contributed by atoms with E-state index in [-0.39, 0.29) is 18.5 Å². The normalized spacial score (nSPS) is 19.3. The number of rotatable bonds is 51. The fraction of sp³-hybridized carbons (Fsp3) is 0.867. The summed E-state index contributed by atoms with van der Waals surface area (Å²) in [6.45, 7) is 4.27. The lowest BCUT2D eigenvalue weighted by atomic mass is 9.99. The molecule has 1 heterocycles. The number of aliphatic hydroxyl groups is 5. The maximum Gasteiger partial charge on any atom is 0.305 e. The molecule has 416 valence electrons. The highest BCUT2D eigenvalue weighted by Crippen LogP contribution is 2.23. The van der Waals surface area contributed by atoms with E-state index in [9.17, 15) is 35.1 Å². The van der Waals surface area contributed by atoms with Crippen LogP contribution in [-0.4, -0.2) is 100 Å². The molecule has 11 heteroatoms. The van der Waals surface area contributed by atoms with E-state index >= 15 is 0 Å². The summed E-state index contributed by atoms with van der Waals surface area (Å²) < 4.78 is 16.7. The van der Waals surface area contributed by atoms with Gasteiger partial charge in [0.1, 0.15) is 24.4 Å². The van der Waals surface area contributed by atoms with Gasteiger partial charge >= 0.3 is 5.97 Å². The number of esters is 1. The lowest BCUT2D eigenvalue weighted by molar-refractivity contribution is -0.302. The van der Waals surface area contributed by atoms with Crippen molar-refractivity contribution in [2.24, 2.45) is 0 Å². The van der Waals surface area contributed by atoms with Gasteiger partial charge in [0.2, 0.25) is 5.91 Å². The lowest BCUT2D eigenvalue weighted by Gasteiger charge is -2.40. The number of allylic oxidation sites excluding steroid dienone is 5. The molecule has 0 saturated carbocycles. The molecule has 1 saturated heterocycles. The third kappa shape index (κ3) is 39.9. The average molecular weight is 1010 g/mol. The van der Waals surface area contributed by atoms with Crippen LogP contribution >= 0.6 is 0 Å². The van der Waals surface area contributed by atoms with Crippen molar-refractivity contribution in [3.63, 3.8) is 0 Å². The summed E-state index contributed by atoms with van der Waals surface area (Å²) >= 11 is 0. The standard InChI is InChI=1S/C60H111NO10/c1-3-5-7-9-11-13-14-15-16-17-18-22-25-28-32-36-40-44-48-56(65)69-49-45-41-37-33-29-26-23-20-19-21-24-27-31-35-39-43-47-55(64)61-52(53(63)46-42-38-34-30-12-10-8-6-4-2)51-70-60-59(68)58(67)57(66)54(50-62)71-60/h16-17,19,21,42,46,52-54,57-60,62-63,66-68H,3-15,18,20,22-41,43-45,47-51H2,1-2H3,(H,61,64)/b17-16-,21-19-,46-42+. The fourth-order valence-electron chi connectivity index (χ4n) is 9.19. The van der Waals surface area contributed by atoms with E-state index in [2.05, 4.69) is 43.5 Å². The summed E-state index contributed by atoms with van der Waals surface area (Å²) in [6.07, 6.45) is 51.0. The molecule has 11 nitrogen and oxygen atoms in total. The van der Waals surface area contributed by atoms with Crippen LogP contribution in [0.4, 0.5) is 0 Å². The summed E-state index contributed by atoms with van der Waals surface area (Å²) in [4.78, 5) is 25.1. The molecule has 0 aromatic heterocycles. The molecular weight excluding hydrogens is 895 g/mol. The van der Waals surface area contributed by atoms with Crippen LogP contribution in [-0.2, 0) is 23.8 Å². The molecule has 7 unspecified atom stereocenters. The Hall–Kier alpha value is -2.12. The zero-order chi connectivity index (χ0) is 51.7. The van der Waals surface area contributed by atoms with Crippen LogP contribution in [0.2, 0.25) is 0 Å². The van der Waals surface area contributed by atoms with E-state index in [0.29, 0.717) is 19.4 Å². The zero-order valence-electron chi connectivity index (χ0n) is 45.7. The Morgan fingerprint density at radius 1 is 0.507 bits per heavy atom. The Morgan fingerprint density at radius 2 is 0.901 bits per heavy atom. The molecule has 6 N–H and O–H groups in total. The first-order valence-corrected chi connectivity index (χ1v) is 29.8. The molecule has 1 fully saturated rings. The van der Waals surface area contributed by atoms with Crippen LogP contribution in [0.5, 0.6) is 0 Å². The fourth-order valence-corrected chi connectivity index (χ4v) is 9.19. The molecule has 7 atom stereocenters.